The second kappa shape index (κ2) is 9.55. The van der Waals surface area contributed by atoms with Crippen molar-refractivity contribution in [2.45, 2.75) is 64.6 Å². The minimum atomic E-state index is -2.47. The predicted octanol–water partition coefficient (Wildman–Crippen LogP) is 2.63. The van der Waals surface area contributed by atoms with E-state index in [0.29, 0.717) is 0 Å². The normalized spacial score (nSPS) is 14.3. The Morgan fingerprint density at radius 1 is 1.16 bits per heavy atom. The monoisotopic (exact) mass is 272 g/mol. The van der Waals surface area contributed by atoms with Gasteiger partial charge in [0, 0.05) is 13.0 Å². The SMILES string of the molecule is CCCCCCCCC=CC(=O)OC(C)(O)C(=O)O. The third kappa shape index (κ3) is 9.25. The Morgan fingerprint density at radius 2 is 1.74 bits per heavy atom. The Labute approximate surface area is 114 Å². The van der Waals surface area contributed by atoms with Crippen molar-refractivity contribution in [3.05, 3.63) is 12.2 Å². The molecule has 0 aliphatic rings. The highest BCUT2D eigenvalue weighted by Gasteiger charge is 2.33. The van der Waals surface area contributed by atoms with Crippen LogP contribution in [0.15, 0.2) is 12.2 Å². The predicted molar refractivity (Wildman–Crippen MR) is 71.5 cm³/mol. The van der Waals surface area contributed by atoms with Crippen molar-refractivity contribution < 1.29 is 24.5 Å². The minimum absolute atomic E-state index is 0.746. The molecule has 0 aromatic rings. The largest absolute Gasteiger partial charge is 0.476 e. The van der Waals surface area contributed by atoms with Crippen LogP contribution in [0, 0.1) is 0 Å². The van der Waals surface area contributed by atoms with Crippen molar-refractivity contribution in [1.82, 2.24) is 0 Å². The lowest BCUT2D eigenvalue weighted by Gasteiger charge is -2.16. The smallest absolute Gasteiger partial charge is 0.376 e. The van der Waals surface area contributed by atoms with Gasteiger partial charge in [-0.25, -0.2) is 9.59 Å². The number of carbonyl (C=O) groups is 2. The van der Waals surface area contributed by atoms with Crippen LogP contribution in [0.4, 0.5) is 0 Å². The number of unbranched alkanes of at least 4 members (excludes halogenated alkanes) is 6. The summed E-state index contributed by atoms with van der Waals surface area (Å²) in [6, 6.07) is 0. The number of carboxylic acid groups (broad SMARTS) is 1. The number of hydrogen-bond acceptors (Lipinski definition) is 4. The first-order chi connectivity index (χ1) is 8.90. The van der Waals surface area contributed by atoms with Gasteiger partial charge >= 0.3 is 17.7 Å². The van der Waals surface area contributed by atoms with Crippen LogP contribution in [-0.4, -0.2) is 27.9 Å². The van der Waals surface area contributed by atoms with Crippen molar-refractivity contribution in [3.8, 4) is 0 Å². The number of allylic oxidation sites excluding steroid dienone is 1. The van der Waals surface area contributed by atoms with Crippen LogP contribution in [0.2, 0.25) is 0 Å². The summed E-state index contributed by atoms with van der Waals surface area (Å²) in [5.74, 6) is -4.91. The van der Waals surface area contributed by atoms with Crippen LogP contribution in [-0.2, 0) is 14.3 Å². The maximum atomic E-state index is 11.2. The topological polar surface area (TPSA) is 83.8 Å². The number of carbonyl (C=O) groups excluding carboxylic acids is 1. The van der Waals surface area contributed by atoms with E-state index in [1.165, 1.54) is 25.7 Å². The molecule has 0 aliphatic heterocycles. The minimum Gasteiger partial charge on any atom is -0.476 e. The molecule has 0 aliphatic carbocycles. The van der Waals surface area contributed by atoms with Crippen LogP contribution in [0.1, 0.15) is 58.8 Å². The third-order valence-electron chi connectivity index (χ3n) is 2.67. The molecule has 19 heavy (non-hydrogen) atoms. The standard InChI is InChI=1S/C14H24O5/c1-3-4-5-6-7-8-9-10-11-12(15)19-14(2,18)13(16)17/h10-11,18H,3-9H2,1-2H3,(H,16,17). The lowest BCUT2D eigenvalue weighted by atomic mass is 10.1. The number of rotatable bonds is 10. The molecule has 0 radical (unpaired) electrons. The fraction of sp³-hybridized carbons (Fsp3) is 0.714. The van der Waals surface area contributed by atoms with Gasteiger partial charge in [0.15, 0.2) is 0 Å². The average Bonchev–Trinajstić information content (AvgIpc) is 2.31. The molecule has 5 nitrogen and oxygen atoms in total. The molecule has 5 heteroatoms. The van der Waals surface area contributed by atoms with Crippen molar-refractivity contribution in [2.24, 2.45) is 0 Å². The zero-order chi connectivity index (χ0) is 14.7. The van der Waals surface area contributed by atoms with E-state index >= 15 is 0 Å². The number of hydrogen-bond donors (Lipinski definition) is 2. The molecule has 0 fully saturated rings. The molecular formula is C14H24O5. The van der Waals surface area contributed by atoms with Crippen LogP contribution in [0.5, 0.6) is 0 Å². The van der Waals surface area contributed by atoms with E-state index in [-0.39, 0.29) is 0 Å². The summed E-state index contributed by atoms with van der Waals surface area (Å²) in [5.41, 5.74) is 0. The molecule has 2 N–H and O–H groups in total. The number of carboxylic acids is 1. The van der Waals surface area contributed by atoms with Crippen molar-refractivity contribution in [3.63, 3.8) is 0 Å². The molecular weight excluding hydrogens is 248 g/mol. The zero-order valence-corrected chi connectivity index (χ0v) is 11.7. The van der Waals surface area contributed by atoms with E-state index in [1.807, 2.05) is 0 Å². The maximum Gasteiger partial charge on any atom is 0.376 e. The first kappa shape index (κ1) is 17.6. The van der Waals surface area contributed by atoms with Gasteiger partial charge < -0.3 is 14.9 Å². The summed E-state index contributed by atoms with van der Waals surface area (Å²) in [4.78, 5) is 21.7. The molecule has 0 spiro atoms. The van der Waals surface area contributed by atoms with E-state index in [0.717, 1.165) is 32.3 Å². The second-order valence-electron chi connectivity index (χ2n) is 4.67. The molecule has 110 valence electrons. The Balaban J connectivity index is 3.71. The first-order valence-electron chi connectivity index (χ1n) is 6.75. The first-order valence-corrected chi connectivity index (χ1v) is 6.75. The highest BCUT2D eigenvalue weighted by molar-refractivity contribution is 5.86. The highest BCUT2D eigenvalue weighted by Crippen LogP contribution is 2.08. The van der Waals surface area contributed by atoms with E-state index in [9.17, 15) is 14.7 Å². The molecule has 0 saturated heterocycles. The number of esters is 1. The summed E-state index contributed by atoms with van der Waals surface area (Å²) in [7, 11) is 0. The van der Waals surface area contributed by atoms with Crippen LogP contribution in [0.25, 0.3) is 0 Å². The molecule has 0 rings (SSSR count). The van der Waals surface area contributed by atoms with Gasteiger partial charge in [0.1, 0.15) is 0 Å². The molecule has 1 atom stereocenters. The van der Waals surface area contributed by atoms with Crippen molar-refractivity contribution in [1.29, 1.82) is 0 Å². The van der Waals surface area contributed by atoms with Gasteiger partial charge in [0.05, 0.1) is 0 Å². The van der Waals surface area contributed by atoms with Crippen LogP contribution < -0.4 is 0 Å². The van der Waals surface area contributed by atoms with Gasteiger partial charge in [-0.05, 0) is 12.8 Å². The third-order valence-corrected chi connectivity index (χ3v) is 2.67. The van der Waals surface area contributed by atoms with Gasteiger partial charge in [-0.15, -0.1) is 0 Å². The Morgan fingerprint density at radius 3 is 2.32 bits per heavy atom. The lowest BCUT2D eigenvalue weighted by molar-refractivity contribution is -0.214. The summed E-state index contributed by atoms with van der Waals surface area (Å²) in [6.07, 6.45) is 10.6. The highest BCUT2D eigenvalue weighted by atomic mass is 16.7. The number of aliphatic carboxylic acids is 1. The van der Waals surface area contributed by atoms with Crippen LogP contribution in [0.3, 0.4) is 0 Å². The summed E-state index contributed by atoms with van der Waals surface area (Å²) < 4.78 is 4.39. The molecule has 0 amide bonds. The Bertz CT molecular complexity index is 307. The molecule has 0 bridgehead atoms. The zero-order valence-electron chi connectivity index (χ0n) is 11.7. The van der Waals surface area contributed by atoms with Gasteiger partial charge in [0.2, 0.25) is 0 Å². The lowest BCUT2D eigenvalue weighted by Crippen LogP contribution is -2.39. The van der Waals surface area contributed by atoms with Crippen molar-refractivity contribution >= 4 is 11.9 Å². The molecule has 0 aromatic carbocycles. The molecule has 0 aromatic heterocycles. The fourth-order valence-electron chi connectivity index (χ4n) is 1.50. The van der Waals surface area contributed by atoms with Gasteiger partial charge in [-0.2, -0.15) is 0 Å². The molecule has 0 heterocycles. The van der Waals surface area contributed by atoms with Crippen molar-refractivity contribution in [2.75, 3.05) is 0 Å². The average molecular weight is 272 g/mol. The fourth-order valence-corrected chi connectivity index (χ4v) is 1.50. The van der Waals surface area contributed by atoms with E-state index < -0.39 is 17.7 Å². The maximum absolute atomic E-state index is 11.2. The summed E-state index contributed by atoms with van der Waals surface area (Å²) >= 11 is 0. The molecule has 0 saturated carbocycles. The van der Waals surface area contributed by atoms with Gasteiger partial charge in [0.25, 0.3) is 0 Å². The van der Waals surface area contributed by atoms with Gasteiger partial charge in [-0.1, -0.05) is 45.1 Å². The summed E-state index contributed by atoms with van der Waals surface area (Å²) in [5, 5.41) is 17.8. The molecule has 1 unspecified atom stereocenters. The number of ether oxygens (including phenoxy) is 1. The van der Waals surface area contributed by atoms with E-state index in [2.05, 4.69) is 11.7 Å². The second-order valence-corrected chi connectivity index (χ2v) is 4.67. The Hall–Kier alpha value is -1.36. The van der Waals surface area contributed by atoms with Crippen LogP contribution >= 0.6 is 0 Å². The van der Waals surface area contributed by atoms with Gasteiger partial charge in [-0.3, -0.25) is 0 Å². The van der Waals surface area contributed by atoms with E-state index in [1.54, 1.807) is 6.08 Å². The summed E-state index contributed by atoms with van der Waals surface area (Å²) in [6.45, 7) is 3.08. The quantitative estimate of drug-likeness (QED) is 0.276. The van der Waals surface area contributed by atoms with E-state index in [4.69, 9.17) is 5.11 Å². The number of aliphatic hydroxyl groups is 1. The Kier molecular flexibility index (Phi) is 8.87.